The maximum Gasteiger partial charge on any atom is 0.336 e. The molecule has 3 N–H and O–H groups in total. The maximum absolute atomic E-state index is 10.8. The predicted octanol–water partition coefficient (Wildman–Crippen LogP) is -0.743. The van der Waals surface area contributed by atoms with Crippen LogP contribution >= 0.6 is 11.8 Å². The Labute approximate surface area is 74.1 Å². The second-order valence-electron chi connectivity index (χ2n) is 2.14. The van der Waals surface area contributed by atoms with Crippen molar-refractivity contribution in [3.63, 3.8) is 0 Å². The molecule has 12 heavy (non-hydrogen) atoms. The van der Waals surface area contributed by atoms with Crippen LogP contribution in [0.15, 0.2) is 0 Å². The van der Waals surface area contributed by atoms with E-state index in [2.05, 4.69) is 5.32 Å². The molecule has 0 aromatic heterocycles. The minimum absolute atomic E-state index is 0.684. The topological polar surface area (TPSA) is 86.6 Å². The molecule has 0 aromatic rings. The lowest BCUT2D eigenvalue weighted by atomic mass is 10.4. The van der Waals surface area contributed by atoms with Gasteiger partial charge in [-0.3, -0.25) is 4.79 Å². The lowest BCUT2D eigenvalue weighted by molar-refractivity contribution is -0.140. The Balaban J connectivity index is 4.03. The van der Waals surface area contributed by atoms with E-state index in [1.807, 2.05) is 0 Å². The summed E-state index contributed by atoms with van der Waals surface area (Å²) in [7, 11) is 0. The minimum atomic E-state index is -1.18. The zero-order valence-electron chi connectivity index (χ0n) is 6.77. The molecule has 1 amide bonds. The Kier molecular flexibility index (Phi) is 4.68. The summed E-state index contributed by atoms with van der Waals surface area (Å²) in [5, 5.41) is 18.4. The monoisotopic (exact) mass is 193 g/mol. The number of aliphatic hydroxyl groups is 1. The van der Waals surface area contributed by atoms with Gasteiger partial charge >= 0.3 is 5.97 Å². The van der Waals surface area contributed by atoms with Crippen molar-refractivity contribution in [2.45, 2.75) is 18.4 Å². The summed E-state index contributed by atoms with van der Waals surface area (Å²) >= 11 is 0.981. The maximum atomic E-state index is 10.8. The van der Waals surface area contributed by atoms with E-state index in [1.165, 1.54) is 6.92 Å². The highest BCUT2D eigenvalue weighted by Crippen LogP contribution is 2.02. The largest absolute Gasteiger partial charge is 0.479 e. The predicted molar refractivity (Wildman–Crippen MR) is 44.8 cm³/mol. The summed E-state index contributed by atoms with van der Waals surface area (Å²) in [4.78, 5) is 21.2. The summed E-state index contributed by atoms with van der Waals surface area (Å²) in [6, 6.07) is 0. The lowest BCUT2D eigenvalue weighted by Crippen LogP contribution is -2.42. The molecule has 0 aromatic carbocycles. The van der Waals surface area contributed by atoms with Crippen molar-refractivity contribution < 1.29 is 19.8 Å². The molecule has 0 radical (unpaired) electrons. The van der Waals surface area contributed by atoms with Gasteiger partial charge in [0.15, 0.2) is 5.37 Å². The number of nitrogens with one attached hydrogen (secondary N) is 1. The molecule has 0 rings (SSSR count). The number of rotatable bonds is 4. The molecular formula is C6H11NO4S. The van der Waals surface area contributed by atoms with Crippen molar-refractivity contribution in [2.24, 2.45) is 0 Å². The van der Waals surface area contributed by atoms with Crippen LogP contribution in [-0.4, -0.2) is 39.8 Å². The van der Waals surface area contributed by atoms with E-state index in [0.717, 1.165) is 11.8 Å². The number of hydrogen-bond donors (Lipinski definition) is 3. The van der Waals surface area contributed by atoms with E-state index in [1.54, 1.807) is 6.26 Å². The Morgan fingerprint density at radius 3 is 2.25 bits per heavy atom. The van der Waals surface area contributed by atoms with Crippen molar-refractivity contribution in [3.05, 3.63) is 0 Å². The van der Waals surface area contributed by atoms with Gasteiger partial charge < -0.3 is 15.5 Å². The molecule has 2 unspecified atom stereocenters. The zero-order chi connectivity index (χ0) is 9.72. The summed E-state index contributed by atoms with van der Waals surface area (Å²) in [6.07, 6.45) is 0.375. The van der Waals surface area contributed by atoms with Crippen molar-refractivity contribution in [2.75, 3.05) is 6.26 Å². The molecular weight excluding hydrogens is 182 g/mol. The Hall–Kier alpha value is -0.750. The van der Waals surface area contributed by atoms with E-state index >= 15 is 0 Å². The van der Waals surface area contributed by atoms with Gasteiger partial charge in [-0.25, -0.2) is 4.79 Å². The van der Waals surface area contributed by atoms with Crippen LogP contribution < -0.4 is 5.32 Å². The van der Waals surface area contributed by atoms with Crippen LogP contribution in [-0.2, 0) is 9.59 Å². The molecule has 0 saturated heterocycles. The third kappa shape index (κ3) is 3.59. The Morgan fingerprint density at radius 1 is 1.50 bits per heavy atom. The Bertz CT molecular complexity index is 182. The van der Waals surface area contributed by atoms with Crippen LogP contribution in [0.1, 0.15) is 6.92 Å². The highest BCUT2D eigenvalue weighted by Gasteiger charge is 2.20. The van der Waals surface area contributed by atoms with Gasteiger partial charge in [-0.15, -0.1) is 11.8 Å². The second kappa shape index (κ2) is 5.00. The number of carbonyl (C=O) groups excluding carboxylic acids is 1. The van der Waals surface area contributed by atoms with Gasteiger partial charge in [0.25, 0.3) is 0 Å². The number of carboxylic acid groups (broad SMARTS) is 1. The molecule has 5 nitrogen and oxygen atoms in total. The number of hydrogen-bond acceptors (Lipinski definition) is 4. The van der Waals surface area contributed by atoms with Gasteiger partial charge in [0, 0.05) is 0 Å². The summed E-state index contributed by atoms with van der Waals surface area (Å²) in [5.74, 6) is -1.81. The van der Waals surface area contributed by atoms with Gasteiger partial charge in [-0.05, 0) is 13.2 Å². The number of amides is 1. The van der Waals surface area contributed by atoms with Crippen molar-refractivity contribution in [1.82, 2.24) is 5.32 Å². The number of carbonyl (C=O) groups is 2. The first-order valence-electron chi connectivity index (χ1n) is 3.23. The fraction of sp³-hybridized carbons (Fsp3) is 0.667. The van der Waals surface area contributed by atoms with E-state index < -0.39 is 23.4 Å². The lowest BCUT2D eigenvalue weighted by Gasteiger charge is -2.12. The summed E-state index contributed by atoms with van der Waals surface area (Å²) in [6.45, 7) is 1.27. The number of aliphatic carboxylic acids is 1. The van der Waals surface area contributed by atoms with Crippen LogP contribution in [0.25, 0.3) is 0 Å². The smallest absolute Gasteiger partial charge is 0.336 e. The van der Waals surface area contributed by atoms with Crippen molar-refractivity contribution >= 4 is 23.6 Å². The van der Waals surface area contributed by atoms with Crippen molar-refractivity contribution in [3.8, 4) is 0 Å². The molecule has 0 fully saturated rings. The standard InChI is InChI=1S/C6H11NO4S/c1-3(8)4(9)7-5(12-2)6(10)11/h3,5,8H,1-2H3,(H,7,9)(H,10,11). The van der Waals surface area contributed by atoms with E-state index in [4.69, 9.17) is 10.2 Å². The molecule has 0 bridgehead atoms. The highest BCUT2D eigenvalue weighted by atomic mass is 32.2. The fourth-order valence-corrected chi connectivity index (χ4v) is 0.907. The fourth-order valence-electron chi connectivity index (χ4n) is 0.471. The van der Waals surface area contributed by atoms with Gasteiger partial charge in [-0.1, -0.05) is 0 Å². The quantitative estimate of drug-likeness (QED) is 0.512. The highest BCUT2D eigenvalue weighted by molar-refractivity contribution is 7.99. The minimum Gasteiger partial charge on any atom is -0.479 e. The van der Waals surface area contributed by atoms with Crippen LogP contribution in [0.2, 0.25) is 0 Å². The number of thioether (sulfide) groups is 1. The molecule has 0 aliphatic heterocycles. The van der Waals surface area contributed by atoms with Crippen molar-refractivity contribution in [1.29, 1.82) is 0 Å². The van der Waals surface area contributed by atoms with E-state index in [9.17, 15) is 9.59 Å². The first-order chi connectivity index (χ1) is 5.49. The molecule has 6 heteroatoms. The third-order valence-electron chi connectivity index (χ3n) is 1.11. The third-order valence-corrected chi connectivity index (χ3v) is 1.90. The molecule has 70 valence electrons. The van der Waals surface area contributed by atoms with Crippen LogP contribution in [0.3, 0.4) is 0 Å². The van der Waals surface area contributed by atoms with E-state index in [0.29, 0.717) is 0 Å². The zero-order valence-corrected chi connectivity index (χ0v) is 7.59. The van der Waals surface area contributed by atoms with Gasteiger partial charge in [0.2, 0.25) is 5.91 Å². The first-order valence-corrected chi connectivity index (χ1v) is 4.52. The van der Waals surface area contributed by atoms with Gasteiger partial charge in [0.05, 0.1) is 0 Å². The second-order valence-corrected chi connectivity index (χ2v) is 3.08. The number of aliphatic hydroxyl groups excluding tert-OH is 1. The average molecular weight is 193 g/mol. The molecule has 0 aliphatic carbocycles. The van der Waals surface area contributed by atoms with E-state index in [-0.39, 0.29) is 0 Å². The molecule has 2 atom stereocenters. The normalized spacial score (nSPS) is 14.9. The number of carboxylic acids is 1. The molecule has 0 spiro atoms. The van der Waals surface area contributed by atoms with Crippen LogP contribution in [0, 0.1) is 0 Å². The summed E-state index contributed by atoms with van der Waals surface area (Å²) in [5.41, 5.74) is 0. The molecule has 0 aliphatic rings. The molecule has 0 saturated carbocycles. The van der Waals surface area contributed by atoms with Crippen LogP contribution in [0.4, 0.5) is 0 Å². The van der Waals surface area contributed by atoms with Crippen LogP contribution in [0.5, 0.6) is 0 Å². The first kappa shape index (κ1) is 11.2. The molecule has 0 heterocycles. The Morgan fingerprint density at radius 2 is 2.00 bits per heavy atom. The summed E-state index contributed by atoms with van der Waals surface area (Å²) < 4.78 is 0. The average Bonchev–Trinajstić information content (AvgIpc) is 1.98. The SMILES string of the molecule is CSC(NC(=O)C(C)O)C(=O)O. The van der Waals surface area contributed by atoms with Gasteiger partial charge in [0.1, 0.15) is 6.10 Å². The van der Waals surface area contributed by atoms with Gasteiger partial charge in [-0.2, -0.15) is 0 Å².